The van der Waals surface area contributed by atoms with Gasteiger partial charge in [0.15, 0.2) is 5.78 Å². The van der Waals surface area contributed by atoms with Gasteiger partial charge in [-0.1, -0.05) is 11.6 Å². The van der Waals surface area contributed by atoms with Crippen LogP contribution in [0.25, 0.3) is 0 Å². The number of carbonyl (C=O) groups is 1. The number of anilines is 1. The molecule has 0 aromatic heterocycles. The number of aliphatic hydroxyl groups excluding tert-OH is 1. The molecule has 1 saturated heterocycles. The Balaban J connectivity index is 2.04. The fourth-order valence-corrected chi connectivity index (χ4v) is 2.67. The Hall–Kier alpha value is -1.10. The van der Waals surface area contributed by atoms with Crippen LogP contribution in [0, 0.1) is 0 Å². The number of rotatable bonds is 4. The van der Waals surface area contributed by atoms with Gasteiger partial charge in [-0.2, -0.15) is 0 Å². The maximum Gasteiger partial charge on any atom is 0.161 e. The summed E-state index contributed by atoms with van der Waals surface area (Å²) >= 11 is 6.13. The van der Waals surface area contributed by atoms with Crippen LogP contribution in [0.2, 0.25) is 5.02 Å². The van der Waals surface area contributed by atoms with E-state index in [0.29, 0.717) is 10.6 Å². The van der Waals surface area contributed by atoms with E-state index in [9.17, 15) is 4.79 Å². The average Bonchev–Trinajstić information content (AvgIpc) is 2.39. The molecular weight excluding hydrogens is 264 g/mol. The van der Waals surface area contributed by atoms with Crippen LogP contribution in [0.5, 0.6) is 0 Å². The molecule has 0 saturated carbocycles. The van der Waals surface area contributed by atoms with Gasteiger partial charge in [0.1, 0.15) is 0 Å². The summed E-state index contributed by atoms with van der Waals surface area (Å²) in [5.41, 5.74) is 1.63. The van der Waals surface area contributed by atoms with Crippen molar-refractivity contribution in [3.63, 3.8) is 0 Å². The molecule has 0 radical (unpaired) electrons. The molecule has 1 fully saturated rings. The number of halogens is 1. The summed E-state index contributed by atoms with van der Waals surface area (Å²) in [6, 6.07) is 5.60. The maximum absolute atomic E-state index is 11.3. The Bertz CT molecular complexity index is 457. The zero-order chi connectivity index (χ0) is 13.8. The lowest BCUT2D eigenvalue weighted by Gasteiger charge is -2.35. The van der Waals surface area contributed by atoms with Crippen molar-refractivity contribution in [2.45, 2.75) is 6.92 Å². The Morgan fingerprint density at radius 3 is 2.53 bits per heavy atom. The van der Waals surface area contributed by atoms with Gasteiger partial charge in [0.05, 0.1) is 11.6 Å². The minimum absolute atomic E-state index is 0.00989. The van der Waals surface area contributed by atoms with Crippen LogP contribution in [-0.2, 0) is 0 Å². The maximum atomic E-state index is 11.3. The summed E-state index contributed by atoms with van der Waals surface area (Å²) in [5.74, 6) is -0.00989. The molecule has 1 aliphatic heterocycles. The number of benzene rings is 1. The van der Waals surface area contributed by atoms with Crippen LogP contribution >= 0.6 is 11.6 Å². The standard InChI is InChI=1S/C14H19ClN2O2/c1-11(19)13-3-2-12(10-14(13)15)17-6-4-16(5-7-17)8-9-18/h2-3,10,18H,4-9H2,1H3. The monoisotopic (exact) mass is 282 g/mol. The first-order valence-corrected chi connectivity index (χ1v) is 6.88. The highest BCUT2D eigenvalue weighted by Crippen LogP contribution is 2.25. The van der Waals surface area contributed by atoms with E-state index in [0.717, 1.165) is 38.4 Å². The average molecular weight is 283 g/mol. The lowest BCUT2D eigenvalue weighted by molar-refractivity contribution is 0.101. The third-order valence-corrected chi connectivity index (χ3v) is 3.80. The molecule has 1 aliphatic rings. The normalized spacial score (nSPS) is 16.7. The molecule has 0 spiro atoms. The van der Waals surface area contributed by atoms with E-state index in [1.807, 2.05) is 12.1 Å². The van der Waals surface area contributed by atoms with Crippen molar-refractivity contribution in [2.24, 2.45) is 0 Å². The predicted molar refractivity (Wildman–Crippen MR) is 77.2 cm³/mol. The molecule has 5 heteroatoms. The van der Waals surface area contributed by atoms with Crippen molar-refractivity contribution in [3.8, 4) is 0 Å². The van der Waals surface area contributed by atoms with Gasteiger partial charge < -0.3 is 10.0 Å². The second-order valence-electron chi connectivity index (χ2n) is 4.77. The quantitative estimate of drug-likeness (QED) is 0.853. The minimum Gasteiger partial charge on any atom is -0.395 e. The van der Waals surface area contributed by atoms with Gasteiger partial charge in [-0.25, -0.2) is 0 Å². The number of β-amino-alcohol motifs (C(OH)–C–C–N with tert-alkyl or cyclic N) is 1. The number of hydrogen-bond acceptors (Lipinski definition) is 4. The van der Waals surface area contributed by atoms with E-state index in [2.05, 4.69) is 9.80 Å². The molecule has 2 rings (SSSR count). The Labute approximate surface area is 118 Å². The van der Waals surface area contributed by atoms with Crippen LogP contribution in [0.3, 0.4) is 0 Å². The molecule has 1 N–H and O–H groups in total. The van der Waals surface area contributed by atoms with Crippen LogP contribution < -0.4 is 4.90 Å². The molecule has 0 bridgehead atoms. The van der Waals surface area contributed by atoms with Crippen LogP contribution in [0.1, 0.15) is 17.3 Å². The molecule has 1 aromatic rings. The SMILES string of the molecule is CC(=O)c1ccc(N2CCN(CCO)CC2)cc1Cl. The van der Waals surface area contributed by atoms with Crippen molar-refractivity contribution in [1.82, 2.24) is 4.90 Å². The summed E-state index contributed by atoms with van der Waals surface area (Å²) in [6.07, 6.45) is 0. The van der Waals surface area contributed by atoms with Crippen LogP contribution in [0.4, 0.5) is 5.69 Å². The third-order valence-electron chi connectivity index (χ3n) is 3.49. The zero-order valence-corrected chi connectivity index (χ0v) is 11.9. The van der Waals surface area contributed by atoms with Gasteiger partial charge in [-0.15, -0.1) is 0 Å². The lowest BCUT2D eigenvalue weighted by atomic mass is 10.1. The van der Waals surface area contributed by atoms with Gasteiger partial charge in [0.25, 0.3) is 0 Å². The number of Topliss-reactive ketones (excluding diaryl/α,β-unsaturated/α-hetero) is 1. The highest BCUT2D eigenvalue weighted by Gasteiger charge is 2.17. The fraction of sp³-hybridized carbons (Fsp3) is 0.500. The smallest absolute Gasteiger partial charge is 0.161 e. The molecule has 0 unspecified atom stereocenters. The first kappa shape index (κ1) is 14.3. The molecule has 0 atom stereocenters. The van der Waals surface area contributed by atoms with Crippen LogP contribution in [-0.4, -0.2) is 55.1 Å². The van der Waals surface area contributed by atoms with E-state index in [1.165, 1.54) is 6.92 Å². The minimum atomic E-state index is -0.00989. The second kappa shape index (κ2) is 6.37. The van der Waals surface area contributed by atoms with Crippen LogP contribution in [0.15, 0.2) is 18.2 Å². The van der Waals surface area contributed by atoms with Gasteiger partial charge in [0, 0.05) is 44.0 Å². The summed E-state index contributed by atoms with van der Waals surface area (Å²) < 4.78 is 0. The fourth-order valence-electron chi connectivity index (χ4n) is 2.36. The first-order chi connectivity index (χ1) is 9.11. The zero-order valence-electron chi connectivity index (χ0n) is 11.1. The van der Waals surface area contributed by atoms with Crippen molar-refractivity contribution in [1.29, 1.82) is 0 Å². The molecule has 0 aliphatic carbocycles. The van der Waals surface area contributed by atoms with E-state index in [4.69, 9.17) is 16.7 Å². The number of nitrogens with zero attached hydrogens (tertiary/aromatic N) is 2. The highest BCUT2D eigenvalue weighted by molar-refractivity contribution is 6.34. The molecule has 1 heterocycles. The van der Waals surface area contributed by atoms with E-state index in [1.54, 1.807) is 6.07 Å². The molecule has 104 valence electrons. The van der Waals surface area contributed by atoms with Gasteiger partial charge in [-0.3, -0.25) is 9.69 Å². The largest absolute Gasteiger partial charge is 0.395 e. The number of aliphatic hydroxyl groups is 1. The van der Waals surface area contributed by atoms with E-state index >= 15 is 0 Å². The molecule has 19 heavy (non-hydrogen) atoms. The molecule has 0 amide bonds. The number of carbonyl (C=O) groups excluding carboxylic acids is 1. The lowest BCUT2D eigenvalue weighted by Crippen LogP contribution is -2.47. The molecule has 4 nitrogen and oxygen atoms in total. The summed E-state index contributed by atoms with van der Waals surface area (Å²) in [7, 11) is 0. The Kier molecular flexibility index (Phi) is 4.80. The molecule has 1 aromatic carbocycles. The Morgan fingerprint density at radius 2 is 2.00 bits per heavy atom. The van der Waals surface area contributed by atoms with Gasteiger partial charge in [0.2, 0.25) is 0 Å². The predicted octanol–water partition coefficient (Wildman–Crippen LogP) is 1.66. The summed E-state index contributed by atoms with van der Waals surface area (Å²) in [6.45, 7) is 6.16. The Morgan fingerprint density at radius 1 is 1.32 bits per heavy atom. The highest BCUT2D eigenvalue weighted by atomic mass is 35.5. The second-order valence-corrected chi connectivity index (χ2v) is 5.18. The van der Waals surface area contributed by atoms with Gasteiger partial charge in [-0.05, 0) is 25.1 Å². The molecular formula is C14H19ClN2O2. The number of hydrogen-bond donors (Lipinski definition) is 1. The van der Waals surface area contributed by atoms with E-state index in [-0.39, 0.29) is 12.4 Å². The number of piperazine rings is 1. The number of ketones is 1. The van der Waals surface area contributed by atoms with Crippen molar-refractivity contribution < 1.29 is 9.90 Å². The summed E-state index contributed by atoms with van der Waals surface area (Å²) in [4.78, 5) is 15.8. The topological polar surface area (TPSA) is 43.8 Å². The van der Waals surface area contributed by atoms with Crippen molar-refractivity contribution >= 4 is 23.1 Å². The van der Waals surface area contributed by atoms with Gasteiger partial charge >= 0.3 is 0 Å². The third kappa shape index (κ3) is 3.47. The van der Waals surface area contributed by atoms with Crippen molar-refractivity contribution in [3.05, 3.63) is 28.8 Å². The summed E-state index contributed by atoms with van der Waals surface area (Å²) in [5, 5.41) is 9.43. The van der Waals surface area contributed by atoms with E-state index < -0.39 is 0 Å². The van der Waals surface area contributed by atoms with Crippen molar-refractivity contribution in [2.75, 3.05) is 44.2 Å². The first-order valence-electron chi connectivity index (χ1n) is 6.50.